The molecule has 0 aliphatic rings. The van der Waals surface area contributed by atoms with Crippen molar-refractivity contribution in [3.05, 3.63) is 0 Å². The van der Waals surface area contributed by atoms with Crippen LogP contribution in [0.5, 0.6) is 0 Å². The maximum atomic E-state index is 11.5. The fourth-order valence-electron chi connectivity index (χ4n) is 1.46. The molecule has 1 amide bonds. The lowest BCUT2D eigenvalue weighted by Gasteiger charge is -2.13. The molecule has 2 N–H and O–H groups in total. The minimum Gasteiger partial charge on any atom is -0.480 e. The molecule has 100 valence electrons. The summed E-state index contributed by atoms with van der Waals surface area (Å²) in [4.78, 5) is 22.4. The highest BCUT2D eigenvalue weighted by Gasteiger charge is 2.18. The van der Waals surface area contributed by atoms with E-state index in [1.165, 1.54) is 0 Å². The average Bonchev–Trinajstić information content (AvgIpc) is 2.29. The smallest absolute Gasteiger partial charge is 0.326 e. The predicted molar refractivity (Wildman–Crippen MR) is 64.8 cm³/mol. The standard InChI is InChI=1S/C12H23NO4/c1-3-4-7-10(12(15)16)13-11(14)8-5-6-9-17-2/h10H,3-9H2,1-2H3,(H,13,14)(H,15,16)/t10-/m0/s1. The van der Waals surface area contributed by atoms with E-state index in [4.69, 9.17) is 9.84 Å². The van der Waals surface area contributed by atoms with Crippen molar-refractivity contribution in [2.45, 2.75) is 51.5 Å². The fourth-order valence-corrected chi connectivity index (χ4v) is 1.46. The van der Waals surface area contributed by atoms with Crippen LogP contribution < -0.4 is 5.32 Å². The van der Waals surface area contributed by atoms with Gasteiger partial charge in [-0.15, -0.1) is 0 Å². The first-order chi connectivity index (χ1) is 8.11. The molecule has 0 bridgehead atoms. The van der Waals surface area contributed by atoms with E-state index in [0.29, 0.717) is 19.4 Å². The Hall–Kier alpha value is -1.10. The fraction of sp³-hybridized carbons (Fsp3) is 0.833. The number of aliphatic carboxylic acids is 1. The zero-order valence-electron chi connectivity index (χ0n) is 10.7. The van der Waals surface area contributed by atoms with E-state index in [-0.39, 0.29) is 5.91 Å². The van der Waals surface area contributed by atoms with E-state index in [9.17, 15) is 9.59 Å². The van der Waals surface area contributed by atoms with Crippen LogP contribution in [-0.4, -0.2) is 36.7 Å². The van der Waals surface area contributed by atoms with E-state index in [0.717, 1.165) is 25.7 Å². The second-order valence-electron chi connectivity index (χ2n) is 4.05. The molecule has 0 aromatic rings. The summed E-state index contributed by atoms with van der Waals surface area (Å²) in [7, 11) is 1.62. The first-order valence-corrected chi connectivity index (χ1v) is 6.13. The molecule has 5 nitrogen and oxygen atoms in total. The van der Waals surface area contributed by atoms with Gasteiger partial charge in [0.2, 0.25) is 5.91 Å². The minimum atomic E-state index is -0.955. The largest absolute Gasteiger partial charge is 0.480 e. The molecule has 0 aromatic heterocycles. The molecule has 0 heterocycles. The number of hydrogen-bond donors (Lipinski definition) is 2. The third-order valence-electron chi connectivity index (χ3n) is 2.48. The summed E-state index contributed by atoms with van der Waals surface area (Å²) < 4.78 is 4.87. The van der Waals surface area contributed by atoms with Gasteiger partial charge in [0.15, 0.2) is 0 Å². The highest BCUT2D eigenvalue weighted by atomic mass is 16.5. The number of carbonyl (C=O) groups excluding carboxylic acids is 1. The SMILES string of the molecule is CCCC[C@H](NC(=O)CCCCOC)C(=O)O. The lowest BCUT2D eigenvalue weighted by atomic mass is 10.1. The van der Waals surface area contributed by atoms with Crippen LogP contribution in [0.1, 0.15) is 45.4 Å². The third kappa shape index (κ3) is 8.68. The summed E-state index contributed by atoms with van der Waals surface area (Å²) in [6, 6.07) is -0.745. The van der Waals surface area contributed by atoms with Gasteiger partial charge in [-0.3, -0.25) is 4.79 Å². The highest BCUT2D eigenvalue weighted by molar-refractivity contribution is 5.83. The Labute approximate surface area is 103 Å². The van der Waals surface area contributed by atoms with Gasteiger partial charge < -0.3 is 15.2 Å². The Bertz CT molecular complexity index is 231. The maximum absolute atomic E-state index is 11.5. The highest BCUT2D eigenvalue weighted by Crippen LogP contribution is 2.02. The lowest BCUT2D eigenvalue weighted by Crippen LogP contribution is -2.40. The molecule has 0 rings (SSSR count). The molecule has 17 heavy (non-hydrogen) atoms. The Kier molecular flexibility index (Phi) is 9.43. The number of carboxylic acid groups (broad SMARTS) is 1. The molecule has 0 fully saturated rings. The molecule has 0 aliphatic heterocycles. The second kappa shape index (κ2) is 10.1. The van der Waals surface area contributed by atoms with Gasteiger partial charge >= 0.3 is 5.97 Å². The van der Waals surface area contributed by atoms with Crippen LogP contribution in [0.3, 0.4) is 0 Å². The Morgan fingerprint density at radius 3 is 2.53 bits per heavy atom. The number of rotatable bonds is 10. The molecule has 5 heteroatoms. The second-order valence-corrected chi connectivity index (χ2v) is 4.05. The predicted octanol–water partition coefficient (Wildman–Crippen LogP) is 1.56. The van der Waals surface area contributed by atoms with Gasteiger partial charge in [-0.05, 0) is 19.3 Å². The summed E-state index contributed by atoms with van der Waals surface area (Å²) in [5.41, 5.74) is 0. The molecular formula is C12H23NO4. The molecule has 0 saturated carbocycles. The number of carboxylic acids is 1. The van der Waals surface area contributed by atoms with Crippen molar-refractivity contribution >= 4 is 11.9 Å². The van der Waals surface area contributed by atoms with Gasteiger partial charge in [-0.1, -0.05) is 19.8 Å². The van der Waals surface area contributed by atoms with Gasteiger partial charge in [0.25, 0.3) is 0 Å². The zero-order valence-corrected chi connectivity index (χ0v) is 10.7. The summed E-state index contributed by atoms with van der Waals surface area (Å²) in [6.45, 7) is 2.62. The molecule has 0 unspecified atom stereocenters. The number of amides is 1. The van der Waals surface area contributed by atoms with Crippen molar-refractivity contribution in [1.82, 2.24) is 5.32 Å². The van der Waals surface area contributed by atoms with Crippen molar-refractivity contribution < 1.29 is 19.4 Å². The quantitative estimate of drug-likeness (QED) is 0.573. The monoisotopic (exact) mass is 245 g/mol. The van der Waals surface area contributed by atoms with Crippen LogP contribution in [0.2, 0.25) is 0 Å². The summed E-state index contributed by atoms with van der Waals surface area (Å²) in [6.07, 6.45) is 4.12. The van der Waals surface area contributed by atoms with Gasteiger partial charge in [-0.2, -0.15) is 0 Å². The molecule has 0 radical (unpaired) electrons. The van der Waals surface area contributed by atoms with Crippen LogP contribution in [-0.2, 0) is 14.3 Å². The normalized spacial score (nSPS) is 12.1. The number of methoxy groups -OCH3 is 1. The number of hydrogen-bond acceptors (Lipinski definition) is 3. The van der Waals surface area contributed by atoms with E-state index < -0.39 is 12.0 Å². The van der Waals surface area contributed by atoms with E-state index >= 15 is 0 Å². The number of nitrogens with one attached hydrogen (secondary N) is 1. The van der Waals surface area contributed by atoms with Gasteiger partial charge in [0.05, 0.1) is 0 Å². The molecule has 0 saturated heterocycles. The molecule has 0 spiro atoms. The van der Waals surface area contributed by atoms with Crippen LogP contribution >= 0.6 is 0 Å². The third-order valence-corrected chi connectivity index (χ3v) is 2.48. The van der Waals surface area contributed by atoms with Crippen molar-refractivity contribution in [3.63, 3.8) is 0 Å². The molecule has 0 aromatic carbocycles. The first-order valence-electron chi connectivity index (χ1n) is 6.13. The topological polar surface area (TPSA) is 75.6 Å². The van der Waals surface area contributed by atoms with E-state index in [2.05, 4.69) is 5.32 Å². The molecule has 0 aliphatic carbocycles. The Morgan fingerprint density at radius 1 is 1.29 bits per heavy atom. The van der Waals surface area contributed by atoms with E-state index in [1.54, 1.807) is 7.11 Å². The van der Waals surface area contributed by atoms with Crippen molar-refractivity contribution in [3.8, 4) is 0 Å². The van der Waals surface area contributed by atoms with Gasteiger partial charge in [-0.25, -0.2) is 4.79 Å². The van der Waals surface area contributed by atoms with Crippen LogP contribution in [0.15, 0.2) is 0 Å². The average molecular weight is 245 g/mol. The number of carbonyl (C=O) groups is 2. The van der Waals surface area contributed by atoms with E-state index in [1.807, 2.05) is 6.92 Å². The van der Waals surface area contributed by atoms with Crippen LogP contribution in [0.25, 0.3) is 0 Å². The number of ether oxygens (including phenoxy) is 1. The van der Waals surface area contributed by atoms with Crippen molar-refractivity contribution in [2.75, 3.05) is 13.7 Å². The molecule has 1 atom stereocenters. The Morgan fingerprint density at radius 2 is 2.00 bits per heavy atom. The zero-order chi connectivity index (χ0) is 13.1. The molecular weight excluding hydrogens is 222 g/mol. The summed E-state index contributed by atoms with van der Waals surface area (Å²) in [5.74, 6) is -1.15. The van der Waals surface area contributed by atoms with Crippen LogP contribution in [0.4, 0.5) is 0 Å². The van der Waals surface area contributed by atoms with Crippen molar-refractivity contribution in [2.24, 2.45) is 0 Å². The number of unbranched alkanes of at least 4 members (excludes halogenated alkanes) is 2. The van der Waals surface area contributed by atoms with Crippen LogP contribution in [0, 0.1) is 0 Å². The minimum absolute atomic E-state index is 0.190. The van der Waals surface area contributed by atoms with Crippen molar-refractivity contribution in [1.29, 1.82) is 0 Å². The first kappa shape index (κ1) is 15.9. The summed E-state index contributed by atoms with van der Waals surface area (Å²) in [5, 5.41) is 11.5. The van der Waals surface area contributed by atoms with Gasteiger partial charge in [0.1, 0.15) is 6.04 Å². The maximum Gasteiger partial charge on any atom is 0.326 e. The lowest BCUT2D eigenvalue weighted by molar-refractivity contribution is -0.142. The Balaban J connectivity index is 3.83. The van der Waals surface area contributed by atoms with Gasteiger partial charge in [0, 0.05) is 20.1 Å². The summed E-state index contributed by atoms with van der Waals surface area (Å²) >= 11 is 0.